The van der Waals surface area contributed by atoms with Gasteiger partial charge >= 0.3 is 6.09 Å². The molecule has 0 aromatic carbocycles. The van der Waals surface area contributed by atoms with Gasteiger partial charge in [-0.15, -0.1) is 22.6 Å². The second-order valence-corrected chi connectivity index (χ2v) is 15.9. The zero-order chi connectivity index (χ0) is 44.7. The van der Waals surface area contributed by atoms with E-state index in [0.29, 0.717) is 59.9 Å². The number of carbonyl (C=O) groups excluding carboxylic acids is 3. The smallest absolute Gasteiger partial charge is 0.410 e. The van der Waals surface area contributed by atoms with E-state index in [1.807, 2.05) is 26.8 Å². The summed E-state index contributed by atoms with van der Waals surface area (Å²) in [4.78, 5) is 57.1. The number of aliphatic hydroxyl groups is 2. The Morgan fingerprint density at radius 2 is 1.28 bits per heavy atom. The second-order valence-electron chi connectivity index (χ2n) is 15.9. The Hall–Kier alpha value is -6.88. The average Bonchev–Trinajstić information content (AvgIpc) is 3.99. The highest BCUT2D eigenvalue weighted by Gasteiger charge is 2.27. The van der Waals surface area contributed by atoms with Crippen LogP contribution in [-0.2, 0) is 30.7 Å². The molecule has 64 heavy (non-hydrogen) atoms. The summed E-state index contributed by atoms with van der Waals surface area (Å²) < 4.78 is 8.43. The van der Waals surface area contributed by atoms with Crippen molar-refractivity contribution in [3.63, 3.8) is 0 Å². The lowest BCUT2D eigenvalue weighted by Gasteiger charge is -2.31. The first kappa shape index (κ1) is 46.6. The molecule has 2 aliphatic rings. The molecule has 0 aliphatic carbocycles. The van der Waals surface area contributed by atoms with E-state index in [9.17, 15) is 24.6 Å². The molecule has 0 spiro atoms. The molecular weight excluding hydrogens is 848 g/mol. The van der Waals surface area contributed by atoms with Gasteiger partial charge in [0.25, 0.3) is 11.8 Å². The number of hydrogen-bond acceptors (Lipinski definition) is 17. The maximum Gasteiger partial charge on any atom is 0.410 e. The zero-order valence-corrected chi connectivity index (χ0v) is 36.7. The van der Waals surface area contributed by atoms with Gasteiger partial charge in [-0.05, 0) is 134 Å². The van der Waals surface area contributed by atoms with Gasteiger partial charge in [-0.1, -0.05) is 12.1 Å². The van der Waals surface area contributed by atoms with E-state index in [1.165, 1.54) is 14.9 Å². The normalized spacial score (nSPS) is 14.1. The van der Waals surface area contributed by atoms with E-state index >= 15 is 0 Å². The van der Waals surface area contributed by atoms with E-state index in [-0.39, 0.29) is 55.4 Å². The zero-order valence-electron chi connectivity index (χ0n) is 35.8. The number of aliphatic hydroxyl groups excluding tert-OH is 2. The van der Waals surface area contributed by atoms with Crippen molar-refractivity contribution in [2.45, 2.75) is 78.2 Å². The first-order valence-corrected chi connectivity index (χ1v) is 20.3. The second kappa shape index (κ2) is 20.5. The third kappa shape index (κ3) is 11.2. The number of rotatable bonds is 10. The third-order valence-electron chi connectivity index (χ3n) is 9.97. The van der Waals surface area contributed by atoms with Gasteiger partial charge in [0.05, 0.1) is 25.3 Å². The number of nitrogens with one attached hydrogen (secondary N) is 3. The van der Waals surface area contributed by atoms with Crippen molar-refractivity contribution >= 4 is 42.0 Å². The Kier molecular flexibility index (Phi) is 15.0. The molecule has 0 radical (unpaired) electrons. The molecule has 8 heterocycles. The number of anilines is 2. The molecule has 0 saturated heterocycles. The molecule has 23 heteroatoms. The van der Waals surface area contributed by atoms with Crippen molar-refractivity contribution < 1.29 is 29.3 Å². The number of tetrazole rings is 2. The van der Waals surface area contributed by atoms with Crippen LogP contribution in [-0.4, -0.2) is 125 Å². The fraction of sp³-hybridized carbons (Fsp3) is 0.390. The summed E-state index contributed by atoms with van der Waals surface area (Å²) in [6.07, 6.45) is 4.59. The number of amides is 3. The summed E-state index contributed by atoms with van der Waals surface area (Å²) in [5, 5.41) is 50.7. The van der Waals surface area contributed by atoms with Crippen LogP contribution >= 0.6 is 12.4 Å². The predicted molar refractivity (Wildman–Crippen MR) is 233 cm³/mol. The lowest BCUT2D eigenvalue weighted by atomic mass is 10.0. The lowest BCUT2D eigenvalue weighted by Crippen LogP contribution is -2.40. The van der Waals surface area contributed by atoms with Crippen LogP contribution in [0.15, 0.2) is 60.9 Å². The van der Waals surface area contributed by atoms with Gasteiger partial charge in [0.2, 0.25) is 11.6 Å². The standard InChI is InChI=1S/C23H28N8O4.C18H20N8O2.ClH/c1-14(13-32)31-20(27-28-29-31)17-6-5-7-19(25-17)26-21(33)18-10-16-12-30(9-8-15(16)11-24-18)22(34)35-23(2,3)4;1-11(10-27)26-17(23-24-25-26)14-3-2-4-16(21-14)22-18(28)15-7-13-8-19-6-5-12(13)9-20-15;/h5-7,10-11,14,32H,8-9,12-13H2,1-4H3,(H,25,26,33);2-4,7,9,11,19,27H,5-6,8,10H2,1H3,(H,21,22,28);1H/t14-;11-;/m11./s1. The van der Waals surface area contributed by atoms with E-state index in [2.05, 4.69) is 66.9 Å². The van der Waals surface area contributed by atoms with Gasteiger partial charge < -0.3 is 35.8 Å². The summed E-state index contributed by atoms with van der Waals surface area (Å²) in [6.45, 7) is 11.3. The molecule has 8 rings (SSSR count). The van der Waals surface area contributed by atoms with Crippen LogP contribution in [0.2, 0.25) is 0 Å². The van der Waals surface area contributed by atoms with E-state index < -0.39 is 11.5 Å². The molecule has 22 nitrogen and oxygen atoms in total. The van der Waals surface area contributed by atoms with Crippen molar-refractivity contribution in [2.75, 3.05) is 36.9 Å². The van der Waals surface area contributed by atoms with Crippen molar-refractivity contribution in [1.82, 2.24) is 70.6 Å². The van der Waals surface area contributed by atoms with Crippen LogP contribution in [0.5, 0.6) is 0 Å². The van der Waals surface area contributed by atoms with Gasteiger partial charge in [0.1, 0.15) is 40.0 Å². The van der Waals surface area contributed by atoms with Crippen LogP contribution in [0.25, 0.3) is 23.0 Å². The quantitative estimate of drug-likeness (QED) is 0.132. The largest absolute Gasteiger partial charge is 0.444 e. The Balaban J connectivity index is 0.000000214. The molecule has 0 fully saturated rings. The molecule has 6 aromatic heterocycles. The van der Waals surface area contributed by atoms with Crippen molar-refractivity contribution in [1.29, 1.82) is 0 Å². The van der Waals surface area contributed by atoms with E-state index in [0.717, 1.165) is 36.2 Å². The Morgan fingerprint density at radius 1 is 0.766 bits per heavy atom. The van der Waals surface area contributed by atoms with E-state index in [1.54, 1.807) is 73.6 Å². The average molecular weight is 897 g/mol. The van der Waals surface area contributed by atoms with Gasteiger partial charge in [-0.2, -0.15) is 0 Å². The minimum atomic E-state index is -0.582. The number of aromatic nitrogens is 12. The predicted octanol–water partition coefficient (Wildman–Crippen LogP) is 3.23. The van der Waals surface area contributed by atoms with Crippen LogP contribution in [0.4, 0.5) is 16.4 Å². The molecule has 0 bridgehead atoms. The maximum absolute atomic E-state index is 12.9. The monoisotopic (exact) mass is 896 g/mol. The number of fused-ring (bicyclic) bond motifs is 2. The molecule has 2 aliphatic heterocycles. The fourth-order valence-corrected chi connectivity index (χ4v) is 6.62. The fourth-order valence-electron chi connectivity index (χ4n) is 6.62. The molecule has 0 unspecified atom stereocenters. The molecule has 2 atom stereocenters. The van der Waals surface area contributed by atoms with Crippen LogP contribution in [0, 0.1) is 0 Å². The number of carbonyl (C=O) groups is 3. The Bertz CT molecular complexity index is 2600. The van der Waals surface area contributed by atoms with Crippen LogP contribution in [0.3, 0.4) is 0 Å². The number of hydrogen-bond donors (Lipinski definition) is 5. The number of halogens is 1. The SMILES string of the molecule is C[C@H](CO)n1nnnc1-c1cccc(NC(=O)c2cc3c(cn2)CCN(C(=O)OC(C)(C)C)C3)n1.C[C@H](CO)n1nnnc1-c1cccc(NC(=O)c2cc3c(cn2)CCNC3)n1.Cl. The summed E-state index contributed by atoms with van der Waals surface area (Å²) in [5.41, 5.74) is 5.00. The Morgan fingerprint density at radius 3 is 1.80 bits per heavy atom. The topological polar surface area (TPSA) is 279 Å². The minimum Gasteiger partial charge on any atom is -0.444 e. The summed E-state index contributed by atoms with van der Waals surface area (Å²) in [5.74, 6) is 0.684. The highest BCUT2D eigenvalue weighted by Crippen LogP contribution is 2.24. The van der Waals surface area contributed by atoms with Crippen LogP contribution in [0.1, 0.15) is 89.9 Å². The third-order valence-corrected chi connectivity index (χ3v) is 9.97. The summed E-state index contributed by atoms with van der Waals surface area (Å²) >= 11 is 0. The first-order valence-electron chi connectivity index (χ1n) is 20.3. The molecule has 336 valence electrons. The van der Waals surface area contributed by atoms with Crippen molar-refractivity contribution in [3.8, 4) is 23.0 Å². The van der Waals surface area contributed by atoms with Gasteiger partial charge in [-0.25, -0.2) is 24.1 Å². The lowest BCUT2D eigenvalue weighted by molar-refractivity contribution is 0.0223. The molecule has 3 amide bonds. The van der Waals surface area contributed by atoms with Crippen LogP contribution < -0.4 is 16.0 Å². The number of nitrogens with zero attached hydrogens (tertiary/aromatic N) is 13. The summed E-state index contributed by atoms with van der Waals surface area (Å²) in [6, 6.07) is 13.1. The van der Waals surface area contributed by atoms with Gasteiger partial charge in [-0.3, -0.25) is 19.6 Å². The van der Waals surface area contributed by atoms with Crippen molar-refractivity contribution in [3.05, 3.63) is 94.6 Å². The highest BCUT2D eigenvalue weighted by atomic mass is 35.5. The van der Waals surface area contributed by atoms with E-state index in [4.69, 9.17) is 4.74 Å². The molecular formula is C41H49ClN16O6. The maximum atomic E-state index is 12.9. The first-order chi connectivity index (χ1) is 30.3. The number of pyridine rings is 4. The molecule has 5 N–H and O–H groups in total. The molecule has 6 aromatic rings. The van der Waals surface area contributed by atoms with Gasteiger partial charge in [0.15, 0.2) is 0 Å². The highest BCUT2D eigenvalue weighted by molar-refractivity contribution is 6.03. The summed E-state index contributed by atoms with van der Waals surface area (Å²) in [7, 11) is 0. The Labute approximate surface area is 373 Å². The van der Waals surface area contributed by atoms with Gasteiger partial charge in [0, 0.05) is 32.0 Å². The number of ether oxygens (including phenoxy) is 1. The van der Waals surface area contributed by atoms with Crippen molar-refractivity contribution in [2.24, 2.45) is 0 Å². The molecule has 0 saturated carbocycles. The minimum absolute atomic E-state index is 0.